The zero-order valence-electron chi connectivity index (χ0n) is 12.6. The van der Waals surface area contributed by atoms with E-state index in [4.69, 9.17) is 10.7 Å². The van der Waals surface area contributed by atoms with Crippen molar-refractivity contribution in [3.8, 4) is 0 Å². The van der Waals surface area contributed by atoms with Gasteiger partial charge in [0.25, 0.3) is 0 Å². The molecule has 1 heterocycles. The number of anilines is 1. The van der Waals surface area contributed by atoms with Crippen LogP contribution in [0.4, 0.5) is 5.82 Å². The standard InChI is InChI=1S/C16H29N3/c1-3-5-11-14-15(17)19(12-6-4-2)16(18-14)13-9-7-8-10-13/h13H,3-12,17H2,1-2H3. The summed E-state index contributed by atoms with van der Waals surface area (Å²) in [5.41, 5.74) is 7.51. The number of nitrogen functional groups attached to an aromatic ring is 1. The van der Waals surface area contributed by atoms with Crippen LogP contribution in [-0.4, -0.2) is 9.55 Å². The molecule has 3 nitrogen and oxygen atoms in total. The number of aromatic nitrogens is 2. The predicted molar refractivity (Wildman–Crippen MR) is 81.4 cm³/mol. The van der Waals surface area contributed by atoms with Crippen molar-refractivity contribution < 1.29 is 0 Å². The molecule has 0 aromatic carbocycles. The van der Waals surface area contributed by atoms with Crippen LogP contribution in [0.25, 0.3) is 0 Å². The minimum Gasteiger partial charge on any atom is -0.384 e. The first kappa shape index (κ1) is 14.4. The van der Waals surface area contributed by atoms with Crippen LogP contribution in [0.3, 0.4) is 0 Å². The summed E-state index contributed by atoms with van der Waals surface area (Å²) in [6.45, 7) is 5.51. The van der Waals surface area contributed by atoms with Crippen molar-refractivity contribution in [2.24, 2.45) is 0 Å². The van der Waals surface area contributed by atoms with Gasteiger partial charge in [-0.25, -0.2) is 4.98 Å². The third-order valence-corrected chi connectivity index (χ3v) is 4.34. The van der Waals surface area contributed by atoms with Gasteiger partial charge in [-0.1, -0.05) is 39.5 Å². The molecule has 1 aromatic heterocycles. The topological polar surface area (TPSA) is 43.8 Å². The Labute approximate surface area is 117 Å². The first-order valence-corrected chi connectivity index (χ1v) is 8.12. The molecule has 0 spiro atoms. The molecule has 0 bridgehead atoms. The molecule has 3 heteroatoms. The molecule has 2 rings (SSSR count). The van der Waals surface area contributed by atoms with Gasteiger partial charge in [0.1, 0.15) is 11.6 Å². The van der Waals surface area contributed by atoms with Crippen LogP contribution in [0.1, 0.15) is 82.7 Å². The number of hydrogen-bond donors (Lipinski definition) is 1. The monoisotopic (exact) mass is 263 g/mol. The number of rotatable bonds is 7. The molecule has 0 saturated heterocycles. The van der Waals surface area contributed by atoms with Gasteiger partial charge in [0, 0.05) is 12.5 Å². The van der Waals surface area contributed by atoms with E-state index in [-0.39, 0.29) is 0 Å². The molecule has 0 atom stereocenters. The molecule has 19 heavy (non-hydrogen) atoms. The van der Waals surface area contributed by atoms with Crippen LogP contribution in [-0.2, 0) is 13.0 Å². The van der Waals surface area contributed by atoms with E-state index < -0.39 is 0 Å². The lowest BCUT2D eigenvalue weighted by molar-refractivity contribution is 0.561. The van der Waals surface area contributed by atoms with E-state index in [2.05, 4.69) is 18.4 Å². The second-order valence-corrected chi connectivity index (χ2v) is 5.89. The quantitative estimate of drug-likeness (QED) is 0.798. The van der Waals surface area contributed by atoms with Gasteiger partial charge in [-0.05, 0) is 32.1 Å². The van der Waals surface area contributed by atoms with E-state index in [1.807, 2.05) is 0 Å². The lowest BCUT2D eigenvalue weighted by atomic mass is 10.1. The maximum atomic E-state index is 6.35. The molecule has 2 N–H and O–H groups in total. The van der Waals surface area contributed by atoms with E-state index in [0.717, 1.165) is 24.5 Å². The minimum absolute atomic E-state index is 0.662. The molecular weight excluding hydrogens is 234 g/mol. The molecule has 108 valence electrons. The normalized spacial score (nSPS) is 16.3. The molecule has 0 aliphatic heterocycles. The summed E-state index contributed by atoms with van der Waals surface area (Å²) in [5.74, 6) is 2.90. The van der Waals surface area contributed by atoms with Crippen molar-refractivity contribution in [3.05, 3.63) is 11.5 Å². The van der Waals surface area contributed by atoms with E-state index in [1.165, 1.54) is 57.2 Å². The highest BCUT2D eigenvalue weighted by atomic mass is 15.1. The van der Waals surface area contributed by atoms with Crippen molar-refractivity contribution in [1.82, 2.24) is 9.55 Å². The van der Waals surface area contributed by atoms with Crippen molar-refractivity contribution in [2.45, 2.75) is 84.1 Å². The fraction of sp³-hybridized carbons (Fsp3) is 0.812. The van der Waals surface area contributed by atoms with Crippen molar-refractivity contribution in [3.63, 3.8) is 0 Å². The van der Waals surface area contributed by atoms with Gasteiger partial charge in [0.15, 0.2) is 0 Å². The van der Waals surface area contributed by atoms with Crippen LogP contribution < -0.4 is 5.73 Å². The summed E-state index contributed by atoms with van der Waals surface area (Å²) < 4.78 is 2.32. The Bertz CT molecular complexity index is 389. The lowest BCUT2D eigenvalue weighted by Gasteiger charge is -2.13. The fourth-order valence-electron chi connectivity index (χ4n) is 3.11. The highest BCUT2D eigenvalue weighted by molar-refractivity contribution is 5.39. The number of imidazole rings is 1. The number of hydrogen-bond acceptors (Lipinski definition) is 2. The SMILES string of the molecule is CCCCc1nc(C2CCCC2)n(CCCC)c1N. The third-order valence-electron chi connectivity index (χ3n) is 4.34. The second-order valence-electron chi connectivity index (χ2n) is 5.89. The summed E-state index contributed by atoms with van der Waals surface area (Å²) >= 11 is 0. The predicted octanol–water partition coefficient (Wildman–Crippen LogP) is 4.27. The Morgan fingerprint density at radius 1 is 1.16 bits per heavy atom. The van der Waals surface area contributed by atoms with Gasteiger partial charge in [-0.3, -0.25) is 0 Å². The Balaban J connectivity index is 2.21. The van der Waals surface area contributed by atoms with E-state index in [9.17, 15) is 0 Å². The first-order chi connectivity index (χ1) is 9.27. The lowest BCUT2D eigenvalue weighted by Crippen LogP contribution is -2.10. The number of aryl methyl sites for hydroxylation is 1. The summed E-state index contributed by atoms with van der Waals surface area (Å²) in [6.07, 6.45) is 11.2. The second kappa shape index (κ2) is 6.97. The molecule has 1 aromatic rings. The minimum atomic E-state index is 0.662. The summed E-state index contributed by atoms with van der Waals surface area (Å²) in [7, 11) is 0. The van der Waals surface area contributed by atoms with Gasteiger partial charge >= 0.3 is 0 Å². The van der Waals surface area contributed by atoms with Crippen molar-refractivity contribution in [1.29, 1.82) is 0 Å². The molecule has 1 fully saturated rings. The zero-order valence-corrected chi connectivity index (χ0v) is 12.6. The Kier molecular flexibility index (Phi) is 5.29. The molecule has 1 aliphatic rings. The molecule has 0 amide bonds. The molecule has 0 radical (unpaired) electrons. The van der Waals surface area contributed by atoms with Crippen LogP contribution in [0.15, 0.2) is 0 Å². The van der Waals surface area contributed by atoms with Crippen LogP contribution in [0.2, 0.25) is 0 Å². The highest BCUT2D eigenvalue weighted by Crippen LogP contribution is 2.35. The fourth-order valence-corrected chi connectivity index (χ4v) is 3.11. The van der Waals surface area contributed by atoms with Gasteiger partial charge < -0.3 is 10.3 Å². The Morgan fingerprint density at radius 3 is 2.47 bits per heavy atom. The summed E-state index contributed by atoms with van der Waals surface area (Å²) in [5, 5.41) is 0. The number of unbranched alkanes of at least 4 members (excludes halogenated alkanes) is 2. The van der Waals surface area contributed by atoms with Gasteiger partial charge in [0.2, 0.25) is 0 Å². The van der Waals surface area contributed by atoms with Crippen molar-refractivity contribution in [2.75, 3.05) is 5.73 Å². The van der Waals surface area contributed by atoms with E-state index >= 15 is 0 Å². The average molecular weight is 263 g/mol. The van der Waals surface area contributed by atoms with Crippen LogP contribution in [0.5, 0.6) is 0 Å². The Hall–Kier alpha value is -0.990. The van der Waals surface area contributed by atoms with E-state index in [0.29, 0.717) is 5.92 Å². The maximum Gasteiger partial charge on any atom is 0.126 e. The largest absolute Gasteiger partial charge is 0.384 e. The van der Waals surface area contributed by atoms with Crippen LogP contribution >= 0.6 is 0 Å². The van der Waals surface area contributed by atoms with Gasteiger partial charge in [-0.15, -0.1) is 0 Å². The average Bonchev–Trinajstić information content (AvgIpc) is 3.03. The zero-order chi connectivity index (χ0) is 13.7. The maximum absolute atomic E-state index is 6.35. The highest BCUT2D eigenvalue weighted by Gasteiger charge is 2.24. The van der Waals surface area contributed by atoms with Gasteiger partial charge in [0.05, 0.1) is 5.69 Å². The molecule has 1 aliphatic carbocycles. The third kappa shape index (κ3) is 3.31. The Morgan fingerprint density at radius 2 is 1.84 bits per heavy atom. The number of nitrogens with zero attached hydrogens (tertiary/aromatic N) is 2. The smallest absolute Gasteiger partial charge is 0.126 e. The number of nitrogens with two attached hydrogens (primary N) is 1. The van der Waals surface area contributed by atoms with Gasteiger partial charge in [-0.2, -0.15) is 0 Å². The van der Waals surface area contributed by atoms with E-state index in [1.54, 1.807) is 0 Å². The van der Waals surface area contributed by atoms with Crippen molar-refractivity contribution >= 4 is 5.82 Å². The van der Waals surface area contributed by atoms with Crippen LogP contribution in [0, 0.1) is 0 Å². The molecule has 1 saturated carbocycles. The molecule has 0 unspecified atom stereocenters. The first-order valence-electron chi connectivity index (χ1n) is 8.12. The molecular formula is C16H29N3. The summed E-state index contributed by atoms with van der Waals surface area (Å²) in [6, 6.07) is 0. The summed E-state index contributed by atoms with van der Waals surface area (Å²) in [4.78, 5) is 4.92.